The van der Waals surface area contributed by atoms with E-state index in [0.717, 1.165) is 16.9 Å². The number of carbonyl (C=O) groups excluding carboxylic acids is 2. The van der Waals surface area contributed by atoms with Gasteiger partial charge in [0.05, 0.1) is 10.9 Å². The molecule has 29 heavy (non-hydrogen) atoms. The lowest BCUT2D eigenvalue weighted by Gasteiger charge is -2.43. The predicted octanol–water partition coefficient (Wildman–Crippen LogP) is 5.67. The largest absolute Gasteiger partial charge is 0.309 e. The predicted molar refractivity (Wildman–Crippen MR) is 119 cm³/mol. The van der Waals surface area contributed by atoms with Crippen molar-refractivity contribution < 1.29 is 9.59 Å². The zero-order valence-electron chi connectivity index (χ0n) is 16.6. The highest BCUT2D eigenvalue weighted by Gasteiger charge is 2.38. The lowest BCUT2D eigenvalue weighted by atomic mass is 9.89. The van der Waals surface area contributed by atoms with Crippen molar-refractivity contribution in [1.82, 2.24) is 0 Å². The number of hydrogen-bond donors (Lipinski definition) is 0. The van der Waals surface area contributed by atoms with Gasteiger partial charge in [0.2, 0.25) is 5.91 Å². The molecule has 0 bridgehead atoms. The Hall–Kier alpha value is -2.92. The van der Waals surface area contributed by atoms with E-state index in [1.165, 1.54) is 11.3 Å². The minimum absolute atomic E-state index is 0.00435. The van der Waals surface area contributed by atoms with Crippen LogP contribution < -0.4 is 9.80 Å². The van der Waals surface area contributed by atoms with Gasteiger partial charge < -0.3 is 9.80 Å². The summed E-state index contributed by atoms with van der Waals surface area (Å²) in [4.78, 5) is 30.7. The molecule has 3 aromatic rings. The SMILES string of the molecule is CCC(=O)N1c2ccccc2[C@H](N(C(=O)c2cccs2)c2ccccc2)C[C@H]1C. The van der Waals surface area contributed by atoms with Crippen molar-refractivity contribution in [3.63, 3.8) is 0 Å². The van der Waals surface area contributed by atoms with Gasteiger partial charge in [0, 0.05) is 23.8 Å². The fourth-order valence-corrected chi connectivity index (χ4v) is 4.78. The van der Waals surface area contributed by atoms with E-state index in [1.54, 1.807) is 0 Å². The first-order valence-electron chi connectivity index (χ1n) is 9.95. The molecule has 4 rings (SSSR count). The molecule has 4 nitrogen and oxygen atoms in total. The first-order valence-corrected chi connectivity index (χ1v) is 10.8. The Morgan fingerprint density at radius 2 is 1.76 bits per heavy atom. The van der Waals surface area contributed by atoms with E-state index in [2.05, 4.69) is 6.92 Å². The molecule has 2 heterocycles. The number of amides is 2. The van der Waals surface area contributed by atoms with Gasteiger partial charge in [-0.15, -0.1) is 11.3 Å². The second-order valence-electron chi connectivity index (χ2n) is 7.26. The summed E-state index contributed by atoms with van der Waals surface area (Å²) in [6.45, 7) is 3.95. The highest BCUT2D eigenvalue weighted by molar-refractivity contribution is 7.12. The molecule has 0 saturated heterocycles. The van der Waals surface area contributed by atoms with Crippen LogP contribution in [0.1, 0.15) is 48.0 Å². The lowest BCUT2D eigenvalue weighted by Crippen LogP contribution is -2.47. The number of hydrogen-bond acceptors (Lipinski definition) is 3. The zero-order valence-corrected chi connectivity index (χ0v) is 17.4. The van der Waals surface area contributed by atoms with Gasteiger partial charge in [-0.05, 0) is 48.6 Å². The van der Waals surface area contributed by atoms with Crippen molar-refractivity contribution >= 4 is 34.5 Å². The molecule has 2 amide bonds. The molecule has 0 saturated carbocycles. The summed E-state index contributed by atoms with van der Waals surface area (Å²) < 4.78 is 0. The van der Waals surface area contributed by atoms with Gasteiger partial charge >= 0.3 is 0 Å². The molecular formula is C24H24N2O2S. The summed E-state index contributed by atoms with van der Waals surface area (Å²) in [5, 5.41) is 1.93. The van der Waals surface area contributed by atoms with E-state index in [0.29, 0.717) is 17.7 Å². The number of para-hydroxylation sites is 2. The number of carbonyl (C=O) groups is 2. The van der Waals surface area contributed by atoms with Gasteiger partial charge in [-0.25, -0.2) is 0 Å². The van der Waals surface area contributed by atoms with Crippen molar-refractivity contribution in [3.05, 3.63) is 82.6 Å². The monoisotopic (exact) mass is 404 g/mol. The fraction of sp³-hybridized carbons (Fsp3) is 0.250. The second kappa shape index (κ2) is 8.21. The normalized spacial score (nSPS) is 18.2. The molecule has 0 radical (unpaired) electrons. The Morgan fingerprint density at radius 1 is 1.03 bits per heavy atom. The summed E-state index contributed by atoms with van der Waals surface area (Å²) in [7, 11) is 0. The molecule has 0 spiro atoms. The third kappa shape index (κ3) is 3.58. The van der Waals surface area contributed by atoms with Gasteiger partial charge in [-0.2, -0.15) is 0 Å². The van der Waals surface area contributed by atoms with Crippen molar-refractivity contribution in [3.8, 4) is 0 Å². The number of nitrogens with zero attached hydrogens (tertiary/aromatic N) is 2. The molecule has 148 valence electrons. The van der Waals surface area contributed by atoms with Crippen molar-refractivity contribution in [2.45, 2.75) is 38.8 Å². The van der Waals surface area contributed by atoms with E-state index < -0.39 is 0 Å². The fourth-order valence-electron chi connectivity index (χ4n) is 4.12. The number of thiophene rings is 1. The zero-order chi connectivity index (χ0) is 20.4. The van der Waals surface area contributed by atoms with Crippen LogP contribution in [-0.4, -0.2) is 17.9 Å². The van der Waals surface area contributed by atoms with Gasteiger partial charge in [-0.1, -0.05) is 49.4 Å². The Bertz CT molecular complexity index is 1000. The van der Waals surface area contributed by atoms with E-state index in [-0.39, 0.29) is 23.9 Å². The Kier molecular flexibility index (Phi) is 5.49. The van der Waals surface area contributed by atoms with Crippen LogP contribution in [0.15, 0.2) is 72.1 Å². The molecular weight excluding hydrogens is 380 g/mol. The van der Waals surface area contributed by atoms with E-state index >= 15 is 0 Å². The Morgan fingerprint density at radius 3 is 2.45 bits per heavy atom. The molecule has 0 fully saturated rings. The van der Waals surface area contributed by atoms with Crippen LogP contribution in [0.4, 0.5) is 11.4 Å². The molecule has 5 heteroatoms. The highest BCUT2D eigenvalue weighted by Crippen LogP contribution is 2.43. The molecule has 0 unspecified atom stereocenters. The van der Waals surface area contributed by atoms with Crippen LogP contribution >= 0.6 is 11.3 Å². The smallest absolute Gasteiger partial charge is 0.268 e. The number of anilines is 2. The molecule has 2 aromatic carbocycles. The standard InChI is InChI=1S/C24H24N2O2S/c1-3-23(27)25-17(2)16-21(19-12-7-8-13-20(19)25)26(18-10-5-4-6-11-18)24(28)22-14-9-15-29-22/h4-15,17,21H,3,16H2,1-2H3/t17-,21-/m1/s1. The molecule has 1 aliphatic rings. The van der Waals surface area contributed by atoms with E-state index in [4.69, 9.17) is 0 Å². The molecule has 2 atom stereocenters. The maximum Gasteiger partial charge on any atom is 0.268 e. The first kappa shape index (κ1) is 19.4. The Labute approximate surface area is 175 Å². The number of benzene rings is 2. The average Bonchev–Trinajstić information content (AvgIpc) is 3.29. The molecule has 0 N–H and O–H groups in total. The lowest BCUT2D eigenvalue weighted by molar-refractivity contribution is -0.118. The van der Waals surface area contributed by atoms with Crippen molar-refractivity contribution in [1.29, 1.82) is 0 Å². The van der Waals surface area contributed by atoms with Gasteiger partial charge in [0.15, 0.2) is 0 Å². The molecule has 0 aliphatic carbocycles. The van der Waals surface area contributed by atoms with Crippen LogP contribution in [0.5, 0.6) is 0 Å². The number of rotatable bonds is 4. The minimum atomic E-state index is -0.140. The quantitative estimate of drug-likeness (QED) is 0.562. The van der Waals surface area contributed by atoms with Crippen molar-refractivity contribution in [2.24, 2.45) is 0 Å². The third-order valence-electron chi connectivity index (χ3n) is 5.43. The van der Waals surface area contributed by atoms with Gasteiger partial charge in [-0.3, -0.25) is 9.59 Å². The number of fused-ring (bicyclic) bond motifs is 1. The minimum Gasteiger partial charge on any atom is -0.309 e. The van der Waals surface area contributed by atoms with Crippen molar-refractivity contribution in [2.75, 3.05) is 9.80 Å². The molecule has 1 aliphatic heterocycles. The van der Waals surface area contributed by atoms with Gasteiger partial charge in [0.25, 0.3) is 5.91 Å². The van der Waals surface area contributed by atoms with Crippen LogP contribution in [0, 0.1) is 0 Å². The summed E-state index contributed by atoms with van der Waals surface area (Å²) in [6.07, 6.45) is 1.15. The second-order valence-corrected chi connectivity index (χ2v) is 8.21. The van der Waals surface area contributed by atoms with Crippen LogP contribution in [-0.2, 0) is 4.79 Å². The van der Waals surface area contributed by atoms with E-state index in [1.807, 2.05) is 88.8 Å². The van der Waals surface area contributed by atoms with E-state index in [9.17, 15) is 9.59 Å². The summed E-state index contributed by atoms with van der Waals surface area (Å²) in [5.74, 6) is 0.104. The summed E-state index contributed by atoms with van der Waals surface area (Å²) in [5.41, 5.74) is 2.79. The van der Waals surface area contributed by atoms with Crippen LogP contribution in [0.25, 0.3) is 0 Å². The summed E-state index contributed by atoms with van der Waals surface area (Å²) in [6, 6.07) is 21.4. The average molecular weight is 405 g/mol. The topological polar surface area (TPSA) is 40.6 Å². The Balaban J connectivity index is 1.84. The summed E-state index contributed by atoms with van der Waals surface area (Å²) >= 11 is 1.45. The van der Waals surface area contributed by atoms with Crippen LogP contribution in [0.2, 0.25) is 0 Å². The third-order valence-corrected chi connectivity index (χ3v) is 6.29. The maximum absolute atomic E-state index is 13.5. The van der Waals surface area contributed by atoms with Crippen LogP contribution in [0.3, 0.4) is 0 Å². The van der Waals surface area contributed by atoms with Gasteiger partial charge in [0.1, 0.15) is 0 Å². The highest BCUT2D eigenvalue weighted by atomic mass is 32.1. The molecule has 1 aromatic heterocycles. The maximum atomic E-state index is 13.5. The first-order chi connectivity index (χ1) is 14.1.